The Kier molecular flexibility index (Phi) is 6.24. The normalized spacial score (nSPS) is 16.7. The first-order chi connectivity index (χ1) is 11.3. The second kappa shape index (κ2) is 7.99. The zero-order valence-electron chi connectivity index (χ0n) is 14.5. The number of carbonyl (C=O) groups excluding carboxylic acids is 2. The van der Waals surface area contributed by atoms with Crippen molar-refractivity contribution in [2.75, 3.05) is 19.7 Å². The van der Waals surface area contributed by atoms with E-state index in [2.05, 4.69) is 12.1 Å². The molecule has 1 aliphatic rings. The van der Waals surface area contributed by atoms with Crippen LogP contribution < -0.4 is 0 Å². The van der Waals surface area contributed by atoms with Gasteiger partial charge in [-0.3, -0.25) is 4.79 Å². The first-order valence-corrected chi connectivity index (χ1v) is 8.61. The summed E-state index contributed by atoms with van der Waals surface area (Å²) in [5.41, 5.74) is 0.873. The van der Waals surface area contributed by atoms with E-state index < -0.39 is 11.6 Å². The average molecular weight is 353 g/mol. The second-order valence-corrected chi connectivity index (χ2v) is 7.44. The molecule has 1 aromatic carbocycles. The van der Waals surface area contributed by atoms with Gasteiger partial charge in [-0.1, -0.05) is 23.7 Å². The van der Waals surface area contributed by atoms with E-state index in [1.54, 1.807) is 5.01 Å². The van der Waals surface area contributed by atoms with E-state index in [-0.39, 0.29) is 6.61 Å². The Morgan fingerprint density at radius 2 is 1.88 bits per heavy atom. The summed E-state index contributed by atoms with van der Waals surface area (Å²) in [7, 11) is 0. The van der Waals surface area contributed by atoms with E-state index in [4.69, 9.17) is 16.3 Å². The predicted octanol–water partition coefficient (Wildman–Crippen LogP) is 3.87. The third kappa shape index (κ3) is 4.71. The van der Waals surface area contributed by atoms with E-state index in [1.807, 2.05) is 37.9 Å². The number of nitrogens with zero attached hydrogens (tertiary/aromatic N) is 2. The molecular formula is C18H25ClN2O3. The van der Waals surface area contributed by atoms with Gasteiger partial charge in [-0.15, -0.1) is 0 Å². The van der Waals surface area contributed by atoms with Crippen molar-refractivity contribution in [2.45, 2.75) is 45.1 Å². The number of hydrogen-bond acceptors (Lipinski definition) is 4. The fourth-order valence-electron chi connectivity index (χ4n) is 3.11. The summed E-state index contributed by atoms with van der Waals surface area (Å²) in [4.78, 5) is 22.8. The summed E-state index contributed by atoms with van der Waals surface area (Å²) in [5, 5.41) is 4.40. The van der Waals surface area contributed by atoms with Gasteiger partial charge in [0.2, 0.25) is 0 Å². The van der Waals surface area contributed by atoms with Gasteiger partial charge in [0, 0.05) is 18.1 Å². The molecule has 1 fully saturated rings. The topological polar surface area (TPSA) is 49.9 Å². The summed E-state index contributed by atoms with van der Waals surface area (Å²) >= 11 is 5.95. The SMILES string of the molecule is CC(C)(C)N(C(=O)OCC=O)N1CCC(c2ccc(Cl)cc2)CC1. The summed E-state index contributed by atoms with van der Waals surface area (Å²) in [6.07, 6.45) is 2.02. The molecule has 0 radical (unpaired) electrons. The van der Waals surface area contributed by atoms with Crippen molar-refractivity contribution in [2.24, 2.45) is 0 Å². The molecule has 0 N–H and O–H groups in total. The van der Waals surface area contributed by atoms with Crippen LogP contribution >= 0.6 is 11.6 Å². The Balaban J connectivity index is 2.02. The van der Waals surface area contributed by atoms with Crippen LogP contribution in [0.5, 0.6) is 0 Å². The van der Waals surface area contributed by atoms with Crippen LogP contribution in [-0.2, 0) is 9.53 Å². The minimum Gasteiger partial charge on any atom is -0.441 e. The fourth-order valence-corrected chi connectivity index (χ4v) is 3.24. The lowest BCUT2D eigenvalue weighted by atomic mass is 9.90. The molecule has 1 aromatic rings. The van der Waals surface area contributed by atoms with Gasteiger partial charge in [0.1, 0.15) is 6.61 Å². The molecule has 2 rings (SSSR count). The zero-order chi connectivity index (χ0) is 17.7. The molecule has 1 amide bonds. The number of hydrogen-bond donors (Lipinski definition) is 0. The zero-order valence-corrected chi connectivity index (χ0v) is 15.3. The summed E-state index contributed by atoms with van der Waals surface area (Å²) < 4.78 is 5.02. The number of ether oxygens (including phenoxy) is 1. The molecule has 1 heterocycles. The van der Waals surface area contributed by atoms with Crippen molar-refractivity contribution in [3.63, 3.8) is 0 Å². The molecule has 0 unspecified atom stereocenters. The highest BCUT2D eigenvalue weighted by Crippen LogP contribution is 2.31. The van der Waals surface area contributed by atoms with Gasteiger partial charge in [-0.25, -0.2) is 14.8 Å². The van der Waals surface area contributed by atoms with Crippen LogP contribution in [-0.4, -0.2) is 47.6 Å². The van der Waals surface area contributed by atoms with Gasteiger partial charge in [0.05, 0.1) is 5.54 Å². The molecule has 1 saturated heterocycles. The van der Waals surface area contributed by atoms with Gasteiger partial charge in [-0.2, -0.15) is 0 Å². The van der Waals surface area contributed by atoms with Gasteiger partial charge >= 0.3 is 6.09 Å². The summed E-state index contributed by atoms with van der Waals surface area (Å²) in [5.74, 6) is 0.464. The third-order valence-electron chi connectivity index (χ3n) is 4.18. The van der Waals surface area contributed by atoms with Crippen LogP contribution in [0, 0.1) is 0 Å². The molecule has 6 heteroatoms. The van der Waals surface area contributed by atoms with Gasteiger partial charge in [0.25, 0.3) is 0 Å². The Labute approximate surface area is 148 Å². The monoisotopic (exact) mass is 352 g/mol. The number of carbonyl (C=O) groups is 2. The van der Waals surface area contributed by atoms with Gasteiger partial charge in [0.15, 0.2) is 6.29 Å². The lowest BCUT2D eigenvalue weighted by Crippen LogP contribution is -2.58. The molecule has 132 valence electrons. The van der Waals surface area contributed by atoms with Crippen molar-refractivity contribution in [1.82, 2.24) is 10.0 Å². The van der Waals surface area contributed by atoms with E-state index >= 15 is 0 Å². The average Bonchev–Trinajstić information content (AvgIpc) is 2.53. The largest absolute Gasteiger partial charge is 0.441 e. The number of piperidine rings is 1. The van der Waals surface area contributed by atoms with Crippen LogP contribution in [0.1, 0.15) is 45.1 Å². The van der Waals surface area contributed by atoms with Crippen LogP contribution in [0.25, 0.3) is 0 Å². The molecule has 0 aliphatic carbocycles. The van der Waals surface area contributed by atoms with Crippen molar-refractivity contribution in [1.29, 1.82) is 0 Å². The smallest absolute Gasteiger partial charge is 0.425 e. The Morgan fingerprint density at radius 3 is 2.38 bits per heavy atom. The van der Waals surface area contributed by atoms with Crippen LogP contribution in [0.3, 0.4) is 0 Å². The maximum absolute atomic E-state index is 12.3. The summed E-state index contributed by atoms with van der Waals surface area (Å²) in [6.45, 7) is 7.19. The first-order valence-electron chi connectivity index (χ1n) is 8.24. The molecule has 0 atom stereocenters. The highest BCUT2D eigenvalue weighted by molar-refractivity contribution is 6.30. The van der Waals surface area contributed by atoms with Crippen molar-refractivity contribution >= 4 is 24.0 Å². The molecule has 0 bridgehead atoms. The maximum Gasteiger partial charge on any atom is 0.425 e. The number of rotatable bonds is 4. The van der Waals surface area contributed by atoms with Crippen molar-refractivity contribution in [3.8, 4) is 0 Å². The Bertz CT molecular complexity index is 561. The number of benzene rings is 1. The minimum absolute atomic E-state index is 0.216. The lowest BCUT2D eigenvalue weighted by Gasteiger charge is -2.45. The van der Waals surface area contributed by atoms with Crippen LogP contribution in [0.2, 0.25) is 5.02 Å². The standard InChI is InChI=1S/C18H25ClN2O3/c1-18(2,3)21(17(23)24-13-12-22)20-10-8-15(9-11-20)14-4-6-16(19)7-5-14/h4-7,12,15H,8-11,13H2,1-3H3. The minimum atomic E-state index is -0.473. The molecule has 0 aromatic heterocycles. The van der Waals surface area contributed by atoms with Crippen LogP contribution in [0.15, 0.2) is 24.3 Å². The molecular weight excluding hydrogens is 328 g/mol. The van der Waals surface area contributed by atoms with Crippen molar-refractivity contribution < 1.29 is 14.3 Å². The third-order valence-corrected chi connectivity index (χ3v) is 4.43. The van der Waals surface area contributed by atoms with Crippen molar-refractivity contribution in [3.05, 3.63) is 34.9 Å². The molecule has 1 aliphatic heterocycles. The van der Waals surface area contributed by atoms with Gasteiger partial charge < -0.3 is 4.74 Å². The quantitative estimate of drug-likeness (QED) is 0.772. The Hall–Kier alpha value is -1.59. The fraction of sp³-hybridized carbons (Fsp3) is 0.556. The molecule has 24 heavy (non-hydrogen) atoms. The molecule has 0 spiro atoms. The first kappa shape index (κ1) is 18.7. The maximum atomic E-state index is 12.3. The lowest BCUT2D eigenvalue weighted by molar-refractivity contribution is -0.114. The Morgan fingerprint density at radius 1 is 1.29 bits per heavy atom. The number of halogens is 1. The summed E-state index contributed by atoms with van der Waals surface area (Å²) in [6, 6.07) is 7.98. The van der Waals surface area contributed by atoms with E-state index in [1.165, 1.54) is 5.56 Å². The highest BCUT2D eigenvalue weighted by Gasteiger charge is 2.35. The number of aldehydes is 1. The highest BCUT2D eigenvalue weighted by atomic mass is 35.5. The molecule has 0 saturated carbocycles. The van der Waals surface area contributed by atoms with E-state index in [9.17, 15) is 9.59 Å². The molecule has 5 nitrogen and oxygen atoms in total. The second-order valence-electron chi connectivity index (χ2n) is 7.01. The predicted molar refractivity (Wildman–Crippen MR) is 94.0 cm³/mol. The van der Waals surface area contributed by atoms with Crippen LogP contribution in [0.4, 0.5) is 4.79 Å². The van der Waals surface area contributed by atoms with E-state index in [0.717, 1.165) is 31.0 Å². The number of hydrazine groups is 1. The van der Waals surface area contributed by atoms with E-state index in [0.29, 0.717) is 12.2 Å². The number of amides is 1. The van der Waals surface area contributed by atoms with Gasteiger partial charge in [-0.05, 0) is 57.2 Å².